The Bertz CT molecular complexity index is 365. The van der Waals surface area contributed by atoms with Crippen LogP contribution in [-0.4, -0.2) is 27.0 Å². The van der Waals surface area contributed by atoms with Crippen LogP contribution in [-0.2, 0) is 20.7 Å². The van der Waals surface area contributed by atoms with Gasteiger partial charge in [0.05, 0.1) is 13.5 Å². The zero-order chi connectivity index (χ0) is 12.0. The molecule has 0 fully saturated rings. The molecule has 0 aliphatic carbocycles. The molecule has 0 aliphatic rings. The first-order valence-electron chi connectivity index (χ1n) is 4.64. The number of esters is 1. The minimum absolute atomic E-state index is 0.197. The Labute approximate surface area is 103 Å². The van der Waals surface area contributed by atoms with Crippen molar-refractivity contribution in [3.8, 4) is 5.75 Å². The van der Waals surface area contributed by atoms with Crippen molar-refractivity contribution in [1.29, 1.82) is 0 Å². The van der Waals surface area contributed by atoms with Gasteiger partial charge in [-0.2, -0.15) is 0 Å². The average molecular weight is 289 g/mol. The van der Waals surface area contributed by atoms with Gasteiger partial charge in [-0.05, 0) is 17.7 Å². The maximum absolute atomic E-state index is 11.1. The van der Waals surface area contributed by atoms with Gasteiger partial charge >= 0.3 is 5.97 Å². The molecule has 5 heteroatoms. The summed E-state index contributed by atoms with van der Waals surface area (Å²) in [5.41, 5.74) is 0.858. The molecule has 88 valence electrons. The molecule has 0 atom stereocenters. The van der Waals surface area contributed by atoms with Crippen molar-refractivity contribution in [2.45, 2.75) is 6.42 Å². The van der Waals surface area contributed by atoms with Gasteiger partial charge in [0.15, 0.2) is 6.79 Å². The Morgan fingerprint density at radius 2 is 2.12 bits per heavy atom. The monoisotopic (exact) mass is 288 g/mol. The van der Waals surface area contributed by atoms with E-state index in [0.717, 1.165) is 10.0 Å². The van der Waals surface area contributed by atoms with Crippen LogP contribution < -0.4 is 4.74 Å². The lowest BCUT2D eigenvalue weighted by atomic mass is 10.1. The van der Waals surface area contributed by atoms with Gasteiger partial charge in [0.1, 0.15) is 5.75 Å². The number of halogens is 1. The van der Waals surface area contributed by atoms with E-state index >= 15 is 0 Å². The summed E-state index contributed by atoms with van der Waals surface area (Å²) in [7, 11) is 2.92. The van der Waals surface area contributed by atoms with Gasteiger partial charge in [0.25, 0.3) is 0 Å². The Kier molecular flexibility index (Phi) is 5.28. The van der Waals surface area contributed by atoms with Crippen LogP contribution in [0.3, 0.4) is 0 Å². The van der Waals surface area contributed by atoms with Crippen molar-refractivity contribution < 1.29 is 19.0 Å². The van der Waals surface area contributed by atoms with E-state index < -0.39 is 0 Å². The van der Waals surface area contributed by atoms with Crippen LogP contribution in [0.1, 0.15) is 5.56 Å². The fraction of sp³-hybridized carbons (Fsp3) is 0.364. The second-order valence-electron chi connectivity index (χ2n) is 3.06. The van der Waals surface area contributed by atoms with E-state index in [1.54, 1.807) is 19.2 Å². The van der Waals surface area contributed by atoms with E-state index in [1.807, 2.05) is 6.07 Å². The number of methoxy groups -OCH3 is 2. The normalized spacial score (nSPS) is 9.94. The van der Waals surface area contributed by atoms with Gasteiger partial charge in [-0.15, -0.1) is 0 Å². The molecule has 1 rings (SSSR count). The first-order valence-corrected chi connectivity index (χ1v) is 5.43. The lowest BCUT2D eigenvalue weighted by Gasteiger charge is -2.07. The number of hydrogen-bond donors (Lipinski definition) is 0. The van der Waals surface area contributed by atoms with E-state index in [4.69, 9.17) is 9.47 Å². The number of rotatable bonds is 5. The molecule has 0 bridgehead atoms. The maximum Gasteiger partial charge on any atom is 0.310 e. The molecule has 0 saturated carbocycles. The summed E-state index contributed by atoms with van der Waals surface area (Å²) in [6.07, 6.45) is 0.238. The molecule has 0 aliphatic heterocycles. The fourth-order valence-electron chi connectivity index (χ4n) is 1.12. The van der Waals surface area contributed by atoms with E-state index in [9.17, 15) is 4.79 Å². The molecule has 0 N–H and O–H groups in total. The average Bonchev–Trinajstić information content (AvgIpc) is 2.29. The molecule has 16 heavy (non-hydrogen) atoms. The van der Waals surface area contributed by atoms with Crippen LogP contribution in [0.25, 0.3) is 0 Å². The number of ether oxygens (including phenoxy) is 3. The predicted molar refractivity (Wildman–Crippen MR) is 62.4 cm³/mol. The van der Waals surface area contributed by atoms with Gasteiger partial charge < -0.3 is 14.2 Å². The quantitative estimate of drug-likeness (QED) is 0.615. The molecule has 1 aromatic rings. The highest BCUT2D eigenvalue weighted by Crippen LogP contribution is 2.23. The van der Waals surface area contributed by atoms with Gasteiger partial charge in [-0.25, -0.2) is 0 Å². The molecule has 0 amide bonds. The topological polar surface area (TPSA) is 44.8 Å². The molecule has 0 spiro atoms. The highest BCUT2D eigenvalue weighted by Gasteiger charge is 2.07. The van der Waals surface area contributed by atoms with Crippen molar-refractivity contribution >= 4 is 21.9 Å². The number of benzene rings is 1. The highest BCUT2D eigenvalue weighted by molar-refractivity contribution is 9.10. The first-order chi connectivity index (χ1) is 7.67. The van der Waals surface area contributed by atoms with Crippen molar-refractivity contribution in [1.82, 2.24) is 0 Å². The van der Waals surface area contributed by atoms with Gasteiger partial charge in [-0.3, -0.25) is 4.79 Å². The Hall–Kier alpha value is -1.07. The third kappa shape index (κ3) is 3.83. The van der Waals surface area contributed by atoms with Gasteiger partial charge in [-0.1, -0.05) is 22.0 Å². The number of carbonyl (C=O) groups is 1. The minimum atomic E-state index is -0.272. The summed E-state index contributed by atoms with van der Waals surface area (Å²) in [6, 6.07) is 5.38. The van der Waals surface area contributed by atoms with E-state index in [1.165, 1.54) is 7.11 Å². The third-order valence-corrected chi connectivity index (χ3v) is 2.67. The molecule has 0 unspecified atom stereocenters. The lowest BCUT2D eigenvalue weighted by molar-refractivity contribution is -0.139. The Balaban J connectivity index is 2.71. The lowest BCUT2D eigenvalue weighted by Crippen LogP contribution is -2.05. The van der Waals surface area contributed by atoms with E-state index in [2.05, 4.69) is 20.7 Å². The molecule has 0 radical (unpaired) electrons. The molecule has 0 aromatic heterocycles. The molecule has 4 nitrogen and oxygen atoms in total. The van der Waals surface area contributed by atoms with E-state index in [-0.39, 0.29) is 19.2 Å². The summed E-state index contributed by atoms with van der Waals surface area (Å²) in [4.78, 5) is 11.1. The zero-order valence-electron chi connectivity index (χ0n) is 9.16. The number of hydrogen-bond acceptors (Lipinski definition) is 4. The Morgan fingerprint density at radius 3 is 2.69 bits per heavy atom. The Morgan fingerprint density at radius 1 is 1.38 bits per heavy atom. The summed E-state index contributed by atoms with van der Waals surface area (Å²) >= 11 is 3.37. The van der Waals surface area contributed by atoms with E-state index in [0.29, 0.717) is 5.75 Å². The number of carbonyl (C=O) groups excluding carboxylic acids is 1. The molecule has 0 saturated heterocycles. The second kappa shape index (κ2) is 6.50. The van der Waals surface area contributed by atoms with Crippen LogP contribution in [0.4, 0.5) is 0 Å². The first kappa shape index (κ1) is 13.0. The molecule has 1 aromatic carbocycles. The van der Waals surface area contributed by atoms with Crippen molar-refractivity contribution in [3.63, 3.8) is 0 Å². The molecule has 0 heterocycles. The maximum atomic E-state index is 11.1. The summed E-state index contributed by atoms with van der Waals surface area (Å²) < 4.78 is 15.4. The summed E-state index contributed by atoms with van der Waals surface area (Å²) in [5.74, 6) is 0.411. The summed E-state index contributed by atoms with van der Waals surface area (Å²) in [5, 5.41) is 0. The van der Waals surface area contributed by atoms with Crippen LogP contribution in [0, 0.1) is 0 Å². The highest BCUT2D eigenvalue weighted by atomic mass is 79.9. The molecular weight excluding hydrogens is 276 g/mol. The van der Waals surface area contributed by atoms with Crippen molar-refractivity contribution in [2.75, 3.05) is 21.0 Å². The van der Waals surface area contributed by atoms with Gasteiger partial charge in [0.2, 0.25) is 0 Å². The SMILES string of the molecule is COCOc1ccc(CC(=O)OC)c(Br)c1. The molecular formula is C11H13BrO4. The standard InChI is InChI=1S/C11H13BrO4/c1-14-7-16-9-4-3-8(10(12)6-9)5-11(13)15-2/h3-4,6H,5,7H2,1-2H3. The van der Waals surface area contributed by atoms with Crippen LogP contribution in [0.15, 0.2) is 22.7 Å². The summed E-state index contributed by atoms with van der Waals surface area (Å²) in [6.45, 7) is 0.197. The van der Waals surface area contributed by atoms with Crippen LogP contribution in [0.2, 0.25) is 0 Å². The second-order valence-corrected chi connectivity index (χ2v) is 3.91. The smallest absolute Gasteiger partial charge is 0.310 e. The van der Waals surface area contributed by atoms with Gasteiger partial charge in [0, 0.05) is 11.6 Å². The van der Waals surface area contributed by atoms with Crippen molar-refractivity contribution in [3.05, 3.63) is 28.2 Å². The zero-order valence-corrected chi connectivity index (χ0v) is 10.7. The largest absolute Gasteiger partial charge is 0.469 e. The predicted octanol–water partition coefficient (Wildman–Crippen LogP) is 2.15. The fourth-order valence-corrected chi connectivity index (χ4v) is 1.61. The van der Waals surface area contributed by atoms with Crippen LogP contribution >= 0.6 is 15.9 Å². The van der Waals surface area contributed by atoms with Crippen molar-refractivity contribution in [2.24, 2.45) is 0 Å². The van der Waals surface area contributed by atoms with Crippen LogP contribution in [0.5, 0.6) is 5.75 Å². The third-order valence-electron chi connectivity index (χ3n) is 1.93. The minimum Gasteiger partial charge on any atom is -0.469 e.